The predicted molar refractivity (Wildman–Crippen MR) is 86.6 cm³/mol. The van der Waals surface area contributed by atoms with E-state index in [2.05, 4.69) is 10.0 Å². The molecule has 1 aliphatic heterocycles. The Morgan fingerprint density at radius 1 is 1.48 bits per heavy atom. The van der Waals surface area contributed by atoms with Gasteiger partial charge in [0.05, 0.1) is 6.61 Å². The highest BCUT2D eigenvalue weighted by Crippen LogP contribution is 2.25. The number of hydrogen-bond acceptors (Lipinski definition) is 4. The minimum atomic E-state index is -0.382. The van der Waals surface area contributed by atoms with Crippen molar-refractivity contribution in [2.75, 3.05) is 24.6 Å². The van der Waals surface area contributed by atoms with Crippen LogP contribution in [0.15, 0.2) is 35.5 Å². The molecule has 7 nitrogen and oxygen atoms in total. The van der Waals surface area contributed by atoms with Gasteiger partial charge < -0.3 is 9.64 Å². The number of azide groups is 1. The first-order valence-corrected chi connectivity index (χ1v) is 7.40. The van der Waals surface area contributed by atoms with Crippen LogP contribution in [0.4, 0.5) is 5.69 Å². The highest BCUT2D eigenvalue weighted by atomic mass is 16.5. The molecule has 1 atom stereocenters. The maximum Gasteiger partial charge on any atom is 0.330 e. The van der Waals surface area contributed by atoms with Gasteiger partial charge in [0, 0.05) is 36.2 Å². The second-order valence-electron chi connectivity index (χ2n) is 5.16. The largest absolute Gasteiger partial charge is 0.463 e. The monoisotopic (exact) mass is 314 g/mol. The fourth-order valence-corrected chi connectivity index (χ4v) is 2.43. The van der Waals surface area contributed by atoms with Crippen molar-refractivity contribution in [2.24, 2.45) is 11.0 Å². The smallest absolute Gasteiger partial charge is 0.330 e. The topological polar surface area (TPSA) is 95.4 Å². The average Bonchev–Trinajstić information content (AvgIpc) is 2.92. The summed E-state index contributed by atoms with van der Waals surface area (Å²) in [5.41, 5.74) is 9.99. The number of anilines is 1. The highest BCUT2D eigenvalue weighted by molar-refractivity contribution is 5.96. The van der Waals surface area contributed by atoms with Crippen molar-refractivity contribution >= 4 is 23.6 Å². The Morgan fingerprint density at radius 2 is 2.22 bits per heavy atom. The van der Waals surface area contributed by atoms with Crippen molar-refractivity contribution in [3.8, 4) is 0 Å². The van der Waals surface area contributed by atoms with Gasteiger partial charge in [-0.2, -0.15) is 0 Å². The number of carbonyl (C=O) groups excluding carboxylic acids is 2. The molecule has 1 aromatic rings. The SMILES string of the molecule is CCOC(=O)/C=C/c1ccc(N2CC(CN=[N+]=[N-])CC2=O)cc1. The molecule has 0 aromatic heterocycles. The van der Waals surface area contributed by atoms with Crippen molar-refractivity contribution in [3.05, 3.63) is 46.3 Å². The molecule has 23 heavy (non-hydrogen) atoms. The lowest BCUT2D eigenvalue weighted by Crippen LogP contribution is -2.24. The van der Waals surface area contributed by atoms with Gasteiger partial charge in [-0.1, -0.05) is 17.2 Å². The van der Waals surface area contributed by atoms with E-state index in [9.17, 15) is 9.59 Å². The number of esters is 1. The Hall–Kier alpha value is -2.79. The fourth-order valence-electron chi connectivity index (χ4n) is 2.43. The summed E-state index contributed by atoms with van der Waals surface area (Å²) in [5.74, 6) is -0.299. The molecule has 0 aliphatic carbocycles. The summed E-state index contributed by atoms with van der Waals surface area (Å²) < 4.78 is 4.81. The van der Waals surface area contributed by atoms with E-state index in [1.165, 1.54) is 6.08 Å². The first kappa shape index (κ1) is 16.6. The average molecular weight is 314 g/mol. The van der Waals surface area contributed by atoms with Crippen molar-refractivity contribution in [2.45, 2.75) is 13.3 Å². The molecular formula is C16H18N4O3. The van der Waals surface area contributed by atoms with Crippen molar-refractivity contribution < 1.29 is 14.3 Å². The molecule has 0 bridgehead atoms. The van der Waals surface area contributed by atoms with Gasteiger partial charge in [-0.3, -0.25) is 4.79 Å². The highest BCUT2D eigenvalue weighted by Gasteiger charge is 2.29. The van der Waals surface area contributed by atoms with Gasteiger partial charge in [0.2, 0.25) is 5.91 Å². The van der Waals surface area contributed by atoms with Crippen LogP contribution in [0, 0.1) is 5.92 Å². The number of hydrogen-bond donors (Lipinski definition) is 0. The van der Waals surface area contributed by atoms with Crippen molar-refractivity contribution in [1.29, 1.82) is 0 Å². The molecule has 120 valence electrons. The second kappa shape index (κ2) is 8.00. The van der Waals surface area contributed by atoms with E-state index in [1.54, 1.807) is 17.9 Å². The molecule has 7 heteroatoms. The van der Waals surface area contributed by atoms with Gasteiger partial charge in [-0.05, 0) is 42.1 Å². The Kier molecular flexibility index (Phi) is 5.77. The molecule has 1 unspecified atom stereocenters. The van der Waals surface area contributed by atoms with Crippen LogP contribution < -0.4 is 4.90 Å². The lowest BCUT2D eigenvalue weighted by molar-refractivity contribution is -0.137. The number of benzene rings is 1. The Bertz CT molecular complexity index is 648. The Balaban J connectivity index is 2.01. The first-order chi connectivity index (χ1) is 11.1. The third-order valence-corrected chi connectivity index (χ3v) is 3.51. The molecule has 0 saturated carbocycles. The molecule has 0 radical (unpaired) electrons. The van der Waals surface area contributed by atoms with Gasteiger partial charge in [0.25, 0.3) is 0 Å². The molecular weight excluding hydrogens is 296 g/mol. The maximum atomic E-state index is 12.0. The third-order valence-electron chi connectivity index (χ3n) is 3.51. The van der Waals surface area contributed by atoms with E-state index in [1.807, 2.05) is 24.3 Å². The third kappa shape index (κ3) is 4.59. The molecule has 1 saturated heterocycles. The summed E-state index contributed by atoms with van der Waals surface area (Å²) in [6.45, 7) is 2.98. The zero-order valence-electron chi connectivity index (χ0n) is 12.9. The summed E-state index contributed by atoms with van der Waals surface area (Å²) in [5, 5.41) is 3.54. The van der Waals surface area contributed by atoms with E-state index < -0.39 is 0 Å². The van der Waals surface area contributed by atoms with Crippen LogP contribution >= 0.6 is 0 Å². The van der Waals surface area contributed by atoms with Gasteiger partial charge in [-0.25, -0.2) is 4.79 Å². The Labute approximate surface area is 134 Å². The van der Waals surface area contributed by atoms with Crippen LogP contribution in [0.25, 0.3) is 16.5 Å². The molecule has 1 heterocycles. The fraction of sp³-hybridized carbons (Fsp3) is 0.375. The summed E-state index contributed by atoms with van der Waals surface area (Å²) in [4.78, 5) is 27.7. The summed E-state index contributed by atoms with van der Waals surface area (Å²) in [7, 11) is 0. The predicted octanol–water partition coefficient (Wildman–Crippen LogP) is 2.93. The van der Waals surface area contributed by atoms with Crippen LogP contribution in [-0.2, 0) is 14.3 Å². The Morgan fingerprint density at radius 3 is 2.87 bits per heavy atom. The number of nitrogens with zero attached hydrogens (tertiary/aromatic N) is 4. The van der Waals surface area contributed by atoms with E-state index in [0.29, 0.717) is 26.1 Å². The van der Waals surface area contributed by atoms with Gasteiger partial charge in [0.1, 0.15) is 0 Å². The van der Waals surface area contributed by atoms with Crippen LogP contribution in [0.1, 0.15) is 18.9 Å². The first-order valence-electron chi connectivity index (χ1n) is 7.40. The molecule has 0 spiro atoms. The number of amides is 1. The standard InChI is InChI=1S/C16H18N4O3/c1-2-23-16(22)8-5-12-3-6-14(7-4-12)20-11-13(9-15(20)21)10-18-19-17/h3-8,13H,2,9-11H2,1H3/b8-5+. The van der Waals surface area contributed by atoms with E-state index in [0.717, 1.165) is 11.3 Å². The molecule has 1 fully saturated rings. The second-order valence-corrected chi connectivity index (χ2v) is 5.16. The zero-order chi connectivity index (χ0) is 16.7. The molecule has 2 rings (SSSR count). The van der Waals surface area contributed by atoms with Crippen molar-refractivity contribution in [3.63, 3.8) is 0 Å². The summed E-state index contributed by atoms with van der Waals surface area (Å²) in [6, 6.07) is 7.33. The minimum Gasteiger partial charge on any atom is -0.463 e. The van der Waals surface area contributed by atoms with Crippen LogP contribution in [0.3, 0.4) is 0 Å². The summed E-state index contributed by atoms with van der Waals surface area (Å²) >= 11 is 0. The number of carbonyl (C=O) groups is 2. The number of rotatable bonds is 6. The van der Waals surface area contributed by atoms with Crippen LogP contribution in [-0.4, -0.2) is 31.6 Å². The molecule has 1 amide bonds. The lowest BCUT2D eigenvalue weighted by atomic mass is 10.1. The molecule has 1 aromatic carbocycles. The van der Waals surface area contributed by atoms with E-state index in [-0.39, 0.29) is 17.8 Å². The van der Waals surface area contributed by atoms with Crippen LogP contribution in [0.2, 0.25) is 0 Å². The van der Waals surface area contributed by atoms with Crippen LogP contribution in [0.5, 0.6) is 0 Å². The quantitative estimate of drug-likeness (QED) is 0.265. The van der Waals surface area contributed by atoms with Gasteiger partial charge in [-0.15, -0.1) is 0 Å². The normalized spacial score (nSPS) is 17.3. The number of ether oxygens (including phenoxy) is 1. The van der Waals surface area contributed by atoms with Gasteiger partial charge in [0.15, 0.2) is 0 Å². The minimum absolute atomic E-state index is 0.0259. The molecule has 1 aliphatic rings. The van der Waals surface area contributed by atoms with Gasteiger partial charge >= 0.3 is 5.97 Å². The zero-order valence-corrected chi connectivity index (χ0v) is 12.9. The van der Waals surface area contributed by atoms with Crippen molar-refractivity contribution in [1.82, 2.24) is 0 Å². The van der Waals surface area contributed by atoms with E-state index in [4.69, 9.17) is 10.3 Å². The lowest BCUT2D eigenvalue weighted by Gasteiger charge is -2.16. The maximum absolute atomic E-state index is 12.0. The van der Waals surface area contributed by atoms with E-state index >= 15 is 0 Å². The molecule has 0 N–H and O–H groups in total. The summed E-state index contributed by atoms with van der Waals surface area (Å²) in [6.07, 6.45) is 3.43.